The number of fused-ring (bicyclic) bond motifs is 1. The maximum atomic E-state index is 12.9. The van der Waals surface area contributed by atoms with Crippen LogP contribution in [0.25, 0.3) is 10.9 Å². The Kier molecular flexibility index (Phi) is 9.20. The maximum absolute atomic E-state index is 12.9. The van der Waals surface area contributed by atoms with Gasteiger partial charge in [0.25, 0.3) is 0 Å². The van der Waals surface area contributed by atoms with Crippen LogP contribution in [0, 0.1) is 5.41 Å². The molecule has 4 rings (SSSR count). The van der Waals surface area contributed by atoms with E-state index in [4.69, 9.17) is 4.74 Å². The second-order valence-electron chi connectivity index (χ2n) is 10.5. The van der Waals surface area contributed by atoms with Crippen LogP contribution in [0.2, 0.25) is 0 Å². The molecule has 8 nitrogen and oxygen atoms in total. The number of hydrogen-bond acceptors (Lipinski definition) is 7. The SMILES string of the molecule is COc1ccc2ncc(N(C)C)c(C(O)CCC3(C(=O)NO)CCN(CCCc4ccccc4)CC3)c2c1. The molecular formula is C30H40N4O4. The third kappa shape index (κ3) is 6.26. The molecule has 0 spiro atoms. The van der Waals surface area contributed by atoms with Gasteiger partial charge in [-0.05, 0) is 81.9 Å². The Morgan fingerprint density at radius 3 is 2.58 bits per heavy atom. The van der Waals surface area contributed by atoms with Gasteiger partial charge < -0.3 is 19.6 Å². The van der Waals surface area contributed by atoms with Crippen molar-refractivity contribution in [3.63, 3.8) is 0 Å². The van der Waals surface area contributed by atoms with Gasteiger partial charge in [-0.3, -0.25) is 15.0 Å². The highest BCUT2D eigenvalue weighted by molar-refractivity contribution is 5.88. The normalized spacial score (nSPS) is 16.2. The van der Waals surface area contributed by atoms with E-state index in [2.05, 4.69) is 34.1 Å². The Bertz CT molecular complexity index is 1210. The van der Waals surface area contributed by atoms with Gasteiger partial charge in [-0.15, -0.1) is 0 Å². The summed E-state index contributed by atoms with van der Waals surface area (Å²) in [6.45, 7) is 2.55. The number of benzene rings is 2. The van der Waals surface area contributed by atoms with Crippen molar-refractivity contribution in [1.82, 2.24) is 15.4 Å². The Labute approximate surface area is 225 Å². The summed E-state index contributed by atoms with van der Waals surface area (Å²) in [5.74, 6) is 0.335. The zero-order valence-corrected chi connectivity index (χ0v) is 22.7. The van der Waals surface area contributed by atoms with E-state index < -0.39 is 11.5 Å². The van der Waals surface area contributed by atoms with Crippen molar-refractivity contribution in [1.29, 1.82) is 0 Å². The number of carbonyl (C=O) groups is 1. The summed E-state index contributed by atoms with van der Waals surface area (Å²) in [6.07, 6.45) is 5.21. The molecule has 0 bridgehead atoms. The number of piperidine rings is 1. The second-order valence-corrected chi connectivity index (χ2v) is 10.5. The molecule has 1 atom stereocenters. The van der Waals surface area contributed by atoms with Gasteiger partial charge in [0.1, 0.15) is 5.75 Å². The highest BCUT2D eigenvalue weighted by Gasteiger charge is 2.41. The zero-order chi connectivity index (χ0) is 27.1. The number of nitrogens with zero attached hydrogens (tertiary/aromatic N) is 3. The number of rotatable bonds is 11. The number of amides is 1. The molecule has 8 heteroatoms. The molecule has 1 fully saturated rings. The van der Waals surface area contributed by atoms with Crippen LogP contribution in [-0.2, 0) is 11.2 Å². The molecule has 2 heterocycles. The van der Waals surface area contributed by atoms with Gasteiger partial charge in [0, 0.05) is 25.0 Å². The first-order chi connectivity index (χ1) is 18.4. The van der Waals surface area contributed by atoms with Crippen LogP contribution in [0.15, 0.2) is 54.7 Å². The van der Waals surface area contributed by atoms with Crippen LogP contribution in [0.3, 0.4) is 0 Å². The van der Waals surface area contributed by atoms with E-state index >= 15 is 0 Å². The monoisotopic (exact) mass is 520 g/mol. The summed E-state index contributed by atoms with van der Waals surface area (Å²) in [6, 6.07) is 16.1. The summed E-state index contributed by atoms with van der Waals surface area (Å²) in [7, 11) is 5.46. The predicted molar refractivity (Wildman–Crippen MR) is 150 cm³/mol. The third-order valence-electron chi connectivity index (χ3n) is 7.99. The van der Waals surface area contributed by atoms with Crippen LogP contribution in [0.5, 0.6) is 5.75 Å². The fraction of sp³-hybridized carbons (Fsp3) is 0.467. The number of hydrogen-bond donors (Lipinski definition) is 3. The number of ether oxygens (including phenoxy) is 1. The molecule has 3 aromatic rings. The molecule has 0 aliphatic carbocycles. The number of methoxy groups -OCH3 is 1. The molecule has 3 N–H and O–H groups in total. The summed E-state index contributed by atoms with van der Waals surface area (Å²) >= 11 is 0. The summed E-state index contributed by atoms with van der Waals surface area (Å²) < 4.78 is 5.43. The Morgan fingerprint density at radius 2 is 1.92 bits per heavy atom. The Hall–Kier alpha value is -3.20. The molecule has 0 radical (unpaired) electrons. The average Bonchev–Trinajstić information content (AvgIpc) is 2.95. The molecule has 2 aromatic carbocycles. The summed E-state index contributed by atoms with van der Waals surface area (Å²) in [5.41, 5.74) is 4.92. The van der Waals surface area contributed by atoms with Gasteiger partial charge in [0.2, 0.25) is 5.91 Å². The number of aryl methyl sites for hydroxylation is 1. The lowest BCUT2D eigenvalue weighted by atomic mass is 9.73. The fourth-order valence-electron chi connectivity index (χ4n) is 5.64. The van der Waals surface area contributed by atoms with Crippen molar-refractivity contribution in [3.8, 4) is 5.75 Å². The first-order valence-corrected chi connectivity index (χ1v) is 13.4. The van der Waals surface area contributed by atoms with E-state index in [0.717, 1.165) is 54.6 Å². The lowest BCUT2D eigenvalue weighted by Gasteiger charge is -2.40. The van der Waals surface area contributed by atoms with Gasteiger partial charge in [-0.1, -0.05) is 30.3 Å². The number of aliphatic hydroxyl groups excluding tert-OH is 1. The van der Waals surface area contributed by atoms with Gasteiger partial charge in [0.15, 0.2) is 0 Å². The molecular weight excluding hydrogens is 480 g/mol. The first-order valence-electron chi connectivity index (χ1n) is 13.4. The second kappa shape index (κ2) is 12.6. The van der Waals surface area contributed by atoms with Crippen molar-refractivity contribution in [2.75, 3.05) is 45.7 Å². The Morgan fingerprint density at radius 1 is 1.18 bits per heavy atom. The van der Waals surface area contributed by atoms with Gasteiger partial charge >= 0.3 is 0 Å². The lowest BCUT2D eigenvalue weighted by Crippen LogP contribution is -2.48. The van der Waals surface area contributed by atoms with Crippen molar-refractivity contribution >= 4 is 22.5 Å². The van der Waals surface area contributed by atoms with Crippen LogP contribution < -0.4 is 15.1 Å². The number of anilines is 1. The number of aliphatic hydroxyl groups is 1. The molecule has 1 saturated heterocycles. The zero-order valence-electron chi connectivity index (χ0n) is 22.7. The van der Waals surface area contributed by atoms with Crippen molar-refractivity contribution in [2.45, 2.75) is 44.6 Å². The topological polar surface area (TPSA) is 98.2 Å². The van der Waals surface area contributed by atoms with E-state index in [1.807, 2.05) is 48.7 Å². The van der Waals surface area contributed by atoms with Gasteiger partial charge in [-0.25, -0.2) is 5.48 Å². The largest absolute Gasteiger partial charge is 0.497 e. The van der Waals surface area contributed by atoms with E-state index in [1.54, 1.807) is 13.3 Å². The first kappa shape index (κ1) is 27.8. The number of pyridine rings is 1. The quantitative estimate of drug-likeness (QED) is 0.256. The minimum absolute atomic E-state index is 0.359. The van der Waals surface area contributed by atoms with E-state index in [-0.39, 0.29) is 5.91 Å². The van der Waals surface area contributed by atoms with E-state index in [1.165, 1.54) is 5.56 Å². The standard InChI is InChI=1S/C30H40N4O4/c1-33(2)26-21-31-25-12-11-23(38-3)20-24(25)28(26)27(35)13-14-30(29(36)32-37)15-18-34(19-16-30)17-7-10-22-8-5-4-6-9-22/h4-6,8-9,11-12,20-21,27,35,37H,7,10,13-19H2,1-3H3,(H,32,36). The van der Waals surface area contributed by atoms with E-state index in [0.29, 0.717) is 31.4 Å². The fourth-order valence-corrected chi connectivity index (χ4v) is 5.64. The average molecular weight is 521 g/mol. The highest BCUT2D eigenvalue weighted by Crippen LogP contribution is 2.41. The summed E-state index contributed by atoms with van der Waals surface area (Å²) in [4.78, 5) is 21.8. The van der Waals surface area contributed by atoms with Gasteiger partial charge in [-0.2, -0.15) is 0 Å². The number of likely N-dealkylation sites (tertiary alicyclic amines) is 1. The molecule has 1 amide bonds. The molecule has 1 aliphatic rings. The van der Waals surface area contributed by atoms with Crippen LogP contribution in [-0.4, -0.2) is 66.9 Å². The molecule has 1 aliphatic heterocycles. The highest BCUT2D eigenvalue weighted by atomic mass is 16.5. The maximum Gasteiger partial charge on any atom is 0.249 e. The smallest absolute Gasteiger partial charge is 0.249 e. The molecule has 1 aromatic heterocycles. The Balaban J connectivity index is 1.45. The van der Waals surface area contributed by atoms with Crippen molar-refractivity contribution in [2.24, 2.45) is 5.41 Å². The van der Waals surface area contributed by atoms with Crippen LogP contribution in [0.1, 0.15) is 49.3 Å². The number of hydroxylamine groups is 1. The third-order valence-corrected chi connectivity index (χ3v) is 7.99. The number of carbonyl (C=O) groups excluding carboxylic acids is 1. The van der Waals surface area contributed by atoms with Crippen molar-refractivity contribution < 1.29 is 19.8 Å². The lowest BCUT2D eigenvalue weighted by molar-refractivity contribution is -0.143. The molecule has 204 valence electrons. The molecule has 38 heavy (non-hydrogen) atoms. The van der Waals surface area contributed by atoms with Gasteiger partial charge in [0.05, 0.1) is 36.0 Å². The minimum Gasteiger partial charge on any atom is -0.497 e. The molecule has 1 unspecified atom stereocenters. The minimum atomic E-state index is -0.808. The summed E-state index contributed by atoms with van der Waals surface area (Å²) in [5, 5.41) is 21.9. The number of nitrogens with one attached hydrogen (secondary N) is 1. The predicted octanol–water partition coefficient (Wildman–Crippen LogP) is 4.34. The van der Waals surface area contributed by atoms with Crippen LogP contribution >= 0.6 is 0 Å². The van der Waals surface area contributed by atoms with Crippen LogP contribution in [0.4, 0.5) is 5.69 Å². The molecule has 0 saturated carbocycles. The number of aromatic nitrogens is 1. The van der Waals surface area contributed by atoms with E-state index in [9.17, 15) is 15.1 Å². The van der Waals surface area contributed by atoms with Crippen molar-refractivity contribution in [3.05, 3.63) is 65.9 Å².